The van der Waals surface area contributed by atoms with Gasteiger partial charge in [0.25, 0.3) is 5.91 Å². The molecule has 0 aliphatic heterocycles. The SMILES string of the molecule is COc1ccc(NC(C)C(=O)N/N=C/c2ccccc2F)cc1. The van der Waals surface area contributed by atoms with Crippen molar-refractivity contribution < 1.29 is 13.9 Å². The molecule has 1 amide bonds. The first-order valence-corrected chi connectivity index (χ1v) is 7.08. The second kappa shape index (κ2) is 7.93. The molecule has 1 unspecified atom stereocenters. The molecular formula is C17H18FN3O2. The van der Waals surface area contributed by atoms with E-state index in [1.807, 2.05) is 12.1 Å². The Hall–Kier alpha value is -2.89. The van der Waals surface area contributed by atoms with Gasteiger partial charge in [-0.3, -0.25) is 4.79 Å². The lowest BCUT2D eigenvalue weighted by Gasteiger charge is -2.13. The summed E-state index contributed by atoms with van der Waals surface area (Å²) in [6, 6.07) is 12.9. The lowest BCUT2D eigenvalue weighted by atomic mass is 10.2. The Labute approximate surface area is 134 Å². The van der Waals surface area contributed by atoms with E-state index in [4.69, 9.17) is 4.74 Å². The molecule has 0 aliphatic carbocycles. The maximum atomic E-state index is 13.4. The van der Waals surface area contributed by atoms with E-state index < -0.39 is 11.9 Å². The van der Waals surface area contributed by atoms with Gasteiger partial charge in [0.1, 0.15) is 17.6 Å². The van der Waals surface area contributed by atoms with Crippen LogP contribution in [0.3, 0.4) is 0 Å². The lowest BCUT2D eigenvalue weighted by Crippen LogP contribution is -2.34. The normalized spacial score (nSPS) is 12.0. The van der Waals surface area contributed by atoms with Crippen LogP contribution in [0.1, 0.15) is 12.5 Å². The molecule has 0 saturated heterocycles. The van der Waals surface area contributed by atoms with Crippen molar-refractivity contribution in [2.45, 2.75) is 13.0 Å². The van der Waals surface area contributed by atoms with Gasteiger partial charge in [-0.1, -0.05) is 18.2 Å². The van der Waals surface area contributed by atoms with E-state index in [0.717, 1.165) is 11.4 Å². The molecule has 5 nitrogen and oxygen atoms in total. The van der Waals surface area contributed by atoms with Gasteiger partial charge in [-0.2, -0.15) is 5.10 Å². The molecule has 0 heterocycles. The minimum absolute atomic E-state index is 0.309. The molecule has 2 rings (SSSR count). The summed E-state index contributed by atoms with van der Waals surface area (Å²) in [6.45, 7) is 1.71. The van der Waals surface area contributed by atoms with E-state index in [1.165, 1.54) is 12.3 Å². The van der Waals surface area contributed by atoms with Crippen molar-refractivity contribution in [1.29, 1.82) is 0 Å². The molecule has 0 fully saturated rings. The standard InChI is InChI=1S/C17H18FN3O2/c1-12(20-14-7-9-15(23-2)10-8-14)17(22)21-19-11-13-5-3-4-6-16(13)18/h3-12,20H,1-2H3,(H,21,22)/b19-11+. The molecule has 0 spiro atoms. The van der Waals surface area contributed by atoms with E-state index >= 15 is 0 Å². The minimum Gasteiger partial charge on any atom is -0.497 e. The smallest absolute Gasteiger partial charge is 0.262 e. The van der Waals surface area contributed by atoms with Crippen LogP contribution in [0.5, 0.6) is 5.75 Å². The van der Waals surface area contributed by atoms with Crippen LogP contribution >= 0.6 is 0 Å². The Kier molecular flexibility index (Phi) is 5.68. The Bertz CT molecular complexity index is 686. The Morgan fingerprint density at radius 2 is 1.91 bits per heavy atom. The number of nitrogens with one attached hydrogen (secondary N) is 2. The summed E-state index contributed by atoms with van der Waals surface area (Å²) in [5.41, 5.74) is 3.47. The molecule has 23 heavy (non-hydrogen) atoms. The number of anilines is 1. The topological polar surface area (TPSA) is 62.7 Å². The van der Waals surface area contributed by atoms with Gasteiger partial charge < -0.3 is 10.1 Å². The van der Waals surface area contributed by atoms with Gasteiger partial charge in [0, 0.05) is 11.3 Å². The van der Waals surface area contributed by atoms with Gasteiger partial charge in [0.05, 0.1) is 13.3 Å². The number of hydrogen-bond acceptors (Lipinski definition) is 4. The van der Waals surface area contributed by atoms with Crippen LogP contribution in [-0.4, -0.2) is 25.3 Å². The molecule has 0 aliphatic rings. The fourth-order valence-corrected chi connectivity index (χ4v) is 1.84. The summed E-state index contributed by atoms with van der Waals surface area (Å²) in [7, 11) is 1.59. The number of hydrazone groups is 1. The maximum Gasteiger partial charge on any atom is 0.262 e. The molecule has 2 N–H and O–H groups in total. The predicted molar refractivity (Wildman–Crippen MR) is 88.2 cm³/mol. The van der Waals surface area contributed by atoms with Gasteiger partial charge in [0.15, 0.2) is 0 Å². The summed E-state index contributed by atoms with van der Waals surface area (Å²) in [5, 5.41) is 6.81. The minimum atomic E-state index is -0.499. The third kappa shape index (κ3) is 4.81. The molecule has 2 aromatic carbocycles. The van der Waals surface area contributed by atoms with Crippen LogP contribution in [0.15, 0.2) is 53.6 Å². The first-order chi connectivity index (χ1) is 11.1. The van der Waals surface area contributed by atoms with Gasteiger partial charge in [-0.15, -0.1) is 0 Å². The zero-order valence-electron chi connectivity index (χ0n) is 12.9. The Balaban J connectivity index is 1.88. The fourth-order valence-electron chi connectivity index (χ4n) is 1.84. The number of rotatable bonds is 6. The third-order valence-electron chi connectivity index (χ3n) is 3.15. The summed E-state index contributed by atoms with van der Waals surface area (Å²) in [5.74, 6) is 0.0189. The molecule has 6 heteroatoms. The van der Waals surface area contributed by atoms with E-state index in [2.05, 4.69) is 15.8 Å². The van der Waals surface area contributed by atoms with Gasteiger partial charge in [0.2, 0.25) is 0 Å². The van der Waals surface area contributed by atoms with Crippen molar-refractivity contribution in [3.8, 4) is 5.75 Å². The largest absolute Gasteiger partial charge is 0.497 e. The molecule has 120 valence electrons. The monoisotopic (exact) mass is 315 g/mol. The van der Waals surface area contributed by atoms with Crippen molar-refractivity contribution >= 4 is 17.8 Å². The van der Waals surface area contributed by atoms with Crippen LogP contribution in [0.25, 0.3) is 0 Å². The number of methoxy groups -OCH3 is 1. The van der Waals surface area contributed by atoms with Gasteiger partial charge in [-0.25, -0.2) is 9.82 Å². The average molecular weight is 315 g/mol. The van der Waals surface area contributed by atoms with Gasteiger partial charge in [-0.05, 0) is 37.3 Å². The zero-order chi connectivity index (χ0) is 16.7. The first-order valence-electron chi connectivity index (χ1n) is 7.08. The Morgan fingerprint density at radius 1 is 1.22 bits per heavy atom. The number of carbonyl (C=O) groups is 1. The number of nitrogens with zero attached hydrogens (tertiary/aromatic N) is 1. The fraction of sp³-hybridized carbons (Fsp3) is 0.176. The average Bonchev–Trinajstić information content (AvgIpc) is 2.57. The molecule has 1 atom stereocenters. The van der Waals surface area contributed by atoms with Crippen molar-refractivity contribution in [1.82, 2.24) is 5.43 Å². The third-order valence-corrected chi connectivity index (χ3v) is 3.15. The second-order valence-corrected chi connectivity index (χ2v) is 4.85. The van der Waals surface area contributed by atoms with E-state index in [9.17, 15) is 9.18 Å². The number of halogens is 1. The van der Waals surface area contributed by atoms with Crippen LogP contribution in [0.4, 0.5) is 10.1 Å². The van der Waals surface area contributed by atoms with E-state index in [-0.39, 0.29) is 5.91 Å². The van der Waals surface area contributed by atoms with E-state index in [0.29, 0.717) is 5.56 Å². The highest BCUT2D eigenvalue weighted by Gasteiger charge is 2.11. The van der Waals surface area contributed by atoms with Crippen LogP contribution < -0.4 is 15.5 Å². The first kappa shape index (κ1) is 16.5. The van der Waals surface area contributed by atoms with Gasteiger partial charge >= 0.3 is 0 Å². The molecule has 0 aromatic heterocycles. The van der Waals surface area contributed by atoms with Crippen molar-refractivity contribution in [2.24, 2.45) is 5.10 Å². The van der Waals surface area contributed by atoms with Crippen LogP contribution in [0, 0.1) is 5.82 Å². The summed E-state index contributed by atoms with van der Waals surface area (Å²) >= 11 is 0. The van der Waals surface area contributed by atoms with E-state index in [1.54, 1.807) is 44.4 Å². The number of hydrogen-bond donors (Lipinski definition) is 2. The quantitative estimate of drug-likeness (QED) is 0.636. The number of amides is 1. The van der Waals surface area contributed by atoms with Crippen molar-refractivity contribution in [2.75, 3.05) is 12.4 Å². The molecule has 0 bridgehead atoms. The van der Waals surface area contributed by atoms with Crippen LogP contribution in [-0.2, 0) is 4.79 Å². The van der Waals surface area contributed by atoms with Crippen molar-refractivity contribution in [3.05, 3.63) is 59.9 Å². The number of carbonyl (C=O) groups excluding carboxylic acids is 1. The predicted octanol–water partition coefficient (Wildman–Crippen LogP) is 2.79. The maximum absolute atomic E-state index is 13.4. The number of ether oxygens (including phenoxy) is 1. The molecule has 2 aromatic rings. The Morgan fingerprint density at radius 3 is 2.57 bits per heavy atom. The highest BCUT2D eigenvalue weighted by molar-refractivity contribution is 5.86. The molecule has 0 radical (unpaired) electrons. The number of benzene rings is 2. The zero-order valence-corrected chi connectivity index (χ0v) is 12.9. The van der Waals surface area contributed by atoms with Crippen molar-refractivity contribution in [3.63, 3.8) is 0 Å². The summed E-state index contributed by atoms with van der Waals surface area (Å²) < 4.78 is 18.5. The highest BCUT2D eigenvalue weighted by atomic mass is 19.1. The second-order valence-electron chi connectivity index (χ2n) is 4.85. The molecular weight excluding hydrogens is 297 g/mol. The summed E-state index contributed by atoms with van der Waals surface area (Å²) in [4.78, 5) is 11.9. The lowest BCUT2D eigenvalue weighted by molar-refractivity contribution is -0.121. The van der Waals surface area contributed by atoms with Crippen LogP contribution in [0.2, 0.25) is 0 Å². The highest BCUT2D eigenvalue weighted by Crippen LogP contribution is 2.15. The molecule has 0 saturated carbocycles. The summed E-state index contributed by atoms with van der Waals surface area (Å²) in [6.07, 6.45) is 1.27.